The van der Waals surface area contributed by atoms with Crippen LogP contribution in [-0.4, -0.2) is 48.1 Å². The molecule has 0 aromatic heterocycles. The van der Waals surface area contributed by atoms with Gasteiger partial charge in [0, 0.05) is 17.8 Å². The van der Waals surface area contributed by atoms with Crippen LogP contribution in [0.3, 0.4) is 0 Å². The molecule has 0 unspecified atom stereocenters. The van der Waals surface area contributed by atoms with E-state index in [2.05, 4.69) is 5.32 Å². The van der Waals surface area contributed by atoms with Gasteiger partial charge >= 0.3 is 0 Å². The van der Waals surface area contributed by atoms with Crippen LogP contribution in [0.2, 0.25) is 0 Å². The maximum absolute atomic E-state index is 11.9. The fourth-order valence-corrected chi connectivity index (χ4v) is 1.85. The van der Waals surface area contributed by atoms with Crippen molar-refractivity contribution in [3.05, 3.63) is 29.8 Å². The van der Waals surface area contributed by atoms with Crippen molar-refractivity contribution >= 4 is 17.5 Å². The summed E-state index contributed by atoms with van der Waals surface area (Å²) in [7, 11) is 0. The number of carbonyl (C=O) groups excluding carboxylic acids is 2. The Morgan fingerprint density at radius 3 is 2.40 bits per heavy atom. The first kappa shape index (κ1) is 16.1. The summed E-state index contributed by atoms with van der Waals surface area (Å²) in [4.78, 5) is 24.7. The molecule has 1 aromatic carbocycles. The average Bonchev–Trinajstić information content (AvgIpc) is 2.39. The van der Waals surface area contributed by atoms with Gasteiger partial charge in [-0.3, -0.25) is 14.5 Å². The lowest BCUT2D eigenvalue weighted by Crippen LogP contribution is -2.35. The van der Waals surface area contributed by atoms with Gasteiger partial charge in [-0.1, -0.05) is 6.92 Å². The summed E-state index contributed by atoms with van der Waals surface area (Å²) in [6.45, 7) is 3.51. The molecule has 4 N–H and O–H groups in total. The van der Waals surface area contributed by atoms with E-state index >= 15 is 0 Å². The Bertz CT molecular complexity index is 439. The van der Waals surface area contributed by atoms with E-state index < -0.39 is 5.91 Å². The number of aliphatic hydroxyl groups excluding tert-OH is 1. The highest BCUT2D eigenvalue weighted by Crippen LogP contribution is 2.09. The molecule has 6 heteroatoms. The number of benzene rings is 1. The molecule has 110 valence electrons. The molecule has 6 nitrogen and oxygen atoms in total. The predicted molar refractivity (Wildman–Crippen MR) is 77.4 cm³/mol. The maximum atomic E-state index is 11.9. The third-order valence-corrected chi connectivity index (χ3v) is 2.78. The highest BCUT2D eigenvalue weighted by molar-refractivity contribution is 5.95. The van der Waals surface area contributed by atoms with E-state index in [1.165, 1.54) is 0 Å². The summed E-state index contributed by atoms with van der Waals surface area (Å²) in [5, 5.41) is 11.7. The molecule has 0 radical (unpaired) electrons. The maximum Gasteiger partial charge on any atom is 0.248 e. The third-order valence-electron chi connectivity index (χ3n) is 2.78. The van der Waals surface area contributed by atoms with Gasteiger partial charge in [-0.15, -0.1) is 0 Å². The van der Waals surface area contributed by atoms with Crippen LogP contribution in [0.25, 0.3) is 0 Å². The lowest BCUT2D eigenvalue weighted by molar-refractivity contribution is -0.117. The first-order valence-electron chi connectivity index (χ1n) is 6.59. The van der Waals surface area contributed by atoms with Crippen LogP contribution in [0, 0.1) is 0 Å². The van der Waals surface area contributed by atoms with Crippen LogP contribution in [0.1, 0.15) is 23.7 Å². The van der Waals surface area contributed by atoms with Gasteiger partial charge in [0.1, 0.15) is 0 Å². The monoisotopic (exact) mass is 279 g/mol. The number of aliphatic hydroxyl groups is 1. The van der Waals surface area contributed by atoms with Crippen molar-refractivity contribution in [2.45, 2.75) is 13.3 Å². The SMILES string of the molecule is CCCN(CCO)CC(=O)Nc1ccc(C(N)=O)cc1. The van der Waals surface area contributed by atoms with Crippen molar-refractivity contribution in [2.24, 2.45) is 5.73 Å². The van der Waals surface area contributed by atoms with Gasteiger partial charge in [-0.2, -0.15) is 0 Å². The summed E-state index contributed by atoms with van der Waals surface area (Å²) in [5.41, 5.74) is 6.15. The van der Waals surface area contributed by atoms with Crippen LogP contribution < -0.4 is 11.1 Å². The number of hydrogen-bond donors (Lipinski definition) is 3. The number of rotatable bonds is 8. The smallest absolute Gasteiger partial charge is 0.248 e. The van der Waals surface area contributed by atoms with Crippen molar-refractivity contribution in [3.63, 3.8) is 0 Å². The minimum Gasteiger partial charge on any atom is -0.395 e. The predicted octanol–water partition coefficient (Wildman–Crippen LogP) is 0.428. The summed E-state index contributed by atoms with van der Waals surface area (Å²) in [6.07, 6.45) is 0.917. The molecular formula is C14H21N3O3. The standard InChI is InChI=1S/C14H21N3O3/c1-2-7-17(8-9-18)10-13(19)16-12-5-3-11(4-6-12)14(15)20/h3-6,18H,2,7-10H2,1H3,(H2,15,20)(H,16,19). The molecule has 0 spiro atoms. The minimum atomic E-state index is -0.500. The van der Waals surface area contributed by atoms with Gasteiger partial charge in [0.15, 0.2) is 0 Å². The molecule has 1 aromatic rings. The number of nitrogens with zero attached hydrogens (tertiary/aromatic N) is 1. The average molecular weight is 279 g/mol. The van der Waals surface area contributed by atoms with E-state index in [0.29, 0.717) is 17.8 Å². The molecule has 20 heavy (non-hydrogen) atoms. The van der Waals surface area contributed by atoms with E-state index in [1.807, 2.05) is 11.8 Å². The topological polar surface area (TPSA) is 95.7 Å². The molecule has 0 heterocycles. The van der Waals surface area contributed by atoms with Gasteiger partial charge in [0.2, 0.25) is 11.8 Å². The Morgan fingerprint density at radius 2 is 1.90 bits per heavy atom. The molecule has 0 aliphatic carbocycles. The molecule has 0 saturated carbocycles. The second kappa shape index (κ2) is 8.29. The number of nitrogens with two attached hydrogens (primary N) is 1. The van der Waals surface area contributed by atoms with Crippen LogP contribution in [-0.2, 0) is 4.79 Å². The first-order chi connectivity index (χ1) is 9.56. The van der Waals surface area contributed by atoms with Gasteiger partial charge in [0.05, 0.1) is 13.2 Å². The van der Waals surface area contributed by atoms with Crippen molar-refractivity contribution in [1.82, 2.24) is 4.90 Å². The normalized spacial score (nSPS) is 10.6. The summed E-state index contributed by atoms with van der Waals surface area (Å²) in [5.74, 6) is -0.654. The third kappa shape index (κ3) is 5.38. The zero-order chi connectivity index (χ0) is 15.0. The van der Waals surface area contributed by atoms with E-state index in [4.69, 9.17) is 10.8 Å². The molecule has 1 rings (SSSR count). The highest BCUT2D eigenvalue weighted by Gasteiger charge is 2.10. The quantitative estimate of drug-likeness (QED) is 0.643. The van der Waals surface area contributed by atoms with E-state index in [9.17, 15) is 9.59 Å². The first-order valence-corrected chi connectivity index (χ1v) is 6.59. The zero-order valence-corrected chi connectivity index (χ0v) is 11.6. The van der Waals surface area contributed by atoms with Crippen molar-refractivity contribution in [2.75, 3.05) is 31.6 Å². The summed E-state index contributed by atoms with van der Waals surface area (Å²) < 4.78 is 0. The number of carbonyl (C=O) groups is 2. The summed E-state index contributed by atoms with van der Waals surface area (Å²) >= 11 is 0. The molecule has 0 saturated heterocycles. The van der Waals surface area contributed by atoms with Gasteiger partial charge in [0.25, 0.3) is 0 Å². The lowest BCUT2D eigenvalue weighted by Gasteiger charge is -2.19. The molecule has 0 atom stereocenters. The van der Waals surface area contributed by atoms with Gasteiger partial charge in [-0.05, 0) is 37.2 Å². The summed E-state index contributed by atoms with van der Waals surface area (Å²) in [6, 6.07) is 6.40. The Morgan fingerprint density at radius 1 is 1.25 bits per heavy atom. The van der Waals surface area contributed by atoms with Crippen LogP contribution in [0.4, 0.5) is 5.69 Å². The molecular weight excluding hydrogens is 258 g/mol. The Kier molecular flexibility index (Phi) is 6.69. The molecule has 0 aliphatic heterocycles. The minimum absolute atomic E-state index is 0.0284. The van der Waals surface area contributed by atoms with E-state index in [0.717, 1.165) is 13.0 Å². The Hall–Kier alpha value is -1.92. The van der Waals surface area contributed by atoms with Gasteiger partial charge < -0.3 is 16.2 Å². The van der Waals surface area contributed by atoms with Crippen LogP contribution in [0.5, 0.6) is 0 Å². The highest BCUT2D eigenvalue weighted by atomic mass is 16.3. The van der Waals surface area contributed by atoms with Crippen LogP contribution in [0.15, 0.2) is 24.3 Å². The zero-order valence-electron chi connectivity index (χ0n) is 11.6. The van der Waals surface area contributed by atoms with Crippen molar-refractivity contribution in [3.8, 4) is 0 Å². The Balaban J connectivity index is 2.54. The largest absolute Gasteiger partial charge is 0.395 e. The van der Waals surface area contributed by atoms with Crippen molar-refractivity contribution < 1.29 is 14.7 Å². The number of anilines is 1. The Labute approximate surface area is 118 Å². The van der Waals surface area contributed by atoms with Crippen molar-refractivity contribution in [1.29, 1.82) is 0 Å². The molecule has 2 amide bonds. The second-order valence-electron chi connectivity index (χ2n) is 4.49. The number of hydrogen-bond acceptors (Lipinski definition) is 4. The van der Waals surface area contributed by atoms with E-state index in [-0.39, 0.29) is 19.1 Å². The number of amides is 2. The fourth-order valence-electron chi connectivity index (χ4n) is 1.85. The lowest BCUT2D eigenvalue weighted by atomic mass is 10.2. The second-order valence-corrected chi connectivity index (χ2v) is 4.49. The number of primary amides is 1. The number of nitrogens with one attached hydrogen (secondary N) is 1. The molecule has 0 aliphatic rings. The molecule has 0 bridgehead atoms. The van der Waals surface area contributed by atoms with Gasteiger partial charge in [-0.25, -0.2) is 0 Å². The van der Waals surface area contributed by atoms with E-state index in [1.54, 1.807) is 24.3 Å². The molecule has 0 fully saturated rings. The fraction of sp³-hybridized carbons (Fsp3) is 0.429. The van der Waals surface area contributed by atoms with Crippen LogP contribution >= 0.6 is 0 Å².